The zero-order valence-electron chi connectivity index (χ0n) is 12.4. The fraction of sp³-hybridized carbons (Fsp3) is 0.375. The summed E-state index contributed by atoms with van der Waals surface area (Å²) in [5, 5.41) is 10.4. The number of hydrogen-bond donors (Lipinski definition) is 2. The molecule has 1 aromatic carbocycles. The Morgan fingerprint density at radius 2 is 2.18 bits per heavy atom. The molecule has 5 nitrogen and oxygen atoms in total. The quantitative estimate of drug-likeness (QED) is 0.883. The predicted octanol–water partition coefficient (Wildman–Crippen LogP) is 1.81. The van der Waals surface area contributed by atoms with Crippen LogP contribution in [0.15, 0.2) is 42.7 Å². The second-order valence-electron chi connectivity index (χ2n) is 5.34. The lowest BCUT2D eigenvalue weighted by atomic mass is 9.97. The Bertz CT molecular complexity index is 577. The molecule has 2 aromatic rings. The van der Waals surface area contributed by atoms with Gasteiger partial charge in [-0.3, -0.25) is 9.48 Å². The van der Waals surface area contributed by atoms with E-state index < -0.39 is 0 Å². The van der Waals surface area contributed by atoms with Crippen molar-refractivity contribution >= 4 is 18.3 Å². The van der Waals surface area contributed by atoms with E-state index in [1.54, 1.807) is 10.9 Å². The number of nitrogens with one attached hydrogen (secondary N) is 2. The van der Waals surface area contributed by atoms with E-state index in [4.69, 9.17) is 0 Å². The summed E-state index contributed by atoms with van der Waals surface area (Å²) in [7, 11) is 0. The third-order valence-corrected chi connectivity index (χ3v) is 3.89. The predicted molar refractivity (Wildman–Crippen MR) is 88.5 cm³/mol. The molecule has 3 rings (SSSR count). The van der Waals surface area contributed by atoms with E-state index in [1.165, 1.54) is 12.0 Å². The largest absolute Gasteiger partial charge is 0.350 e. The summed E-state index contributed by atoms with van der Waals surface area (Å²) in [6.07, 6.45) is 4.80. The molecular formula is C16H21ClN4O. The number of benzene rings is 1. The lowest BCUT2D eigenvalue weighted by Crippen LogP contribution is -2.27. The van der Waals surface area contributed by atoms with Crippen LogP contribution in [0.25, 0.3) is 0 Å². The first-order valence-corrected chi connectivity index (χ1v) is 7.39. The third-order valence-electron chi connectivity index (χ3n) is 3.89. The highest BCUT2D eigenvalue weighted by molar-refractivity contribution is 5.94. The van der Waals surface area contributed by atoms with Gasteiger partial charge in [-0.25, -0.2) is 0 Å². The minimum absolute atomic E-state index is 0. The number of hydrogen-bond acceptors (Lipinski definition) is 3. The molecule has 1 saturated heterocycles. The summed E-state index contributed by atoms with van der Waals surface area (Å²) in [4.78, 5) is 12.1. The Kier molecular flexibility index (Phi) is 5.98. The standard InChI is InChI=1S/C16H20N4O.ClH/c21-16(18-9-11-20-10-1-7-19-20)14-4-2-13(3-5-14)15-6-8-17-12-15;/h1-5,7,10,15,17H,6,8-9,11-12H2,(H,18,21);1H. The lowest BCUT2D eigenvalue weighted by Gasteiger charge is -2.10. The van der Waals surface area contributed by atoms with E-state index in [2.05, 4.69) is 27.9 Å². The molecule has 22 heavy (non-hydrogen) atoms. The van der Waals surface area contributed by atoms with Gasteiger partial charge in [0.05, 0.1) is 6.54 Å². The van der Waals surface area contributed by atoms with Crippen molar-refractivity contribution in [3.8, 4) is 0 Å². The van der Waals surface area contributed by atoms with Crippen molar-refractivity contribution < 1.29 is 4.79 Å². The van der Waals surface area contributed by atoms with Gasteiger partial charge in [0, 0.05) is 31.0 Å². The van der Waals surface area contributed by atoms with Gasteiger partial charge < -0.3 is 10.6 Å². The first kappa shape index (κ1) is 16.5. The Balaban J connectivity index is 0.00000176. The van der Waals surface area contributed by atoms with Gasteiger partial charge in [-0.05, 0) is 42.6 Å². The van der Waals surface area contributed by atoms with Gasteiger partial charge >= 0.3 is 0 Å². The van der Waals surface area contributed by atoms with Gasteiger partial charge in [0.2, 0.25) is 0 Å². The summed E-state index contributed by atoms with van der Waals surface area (Å²) >= 11 is 0. The molecule has 2 heterocycles. The Morgan fingerprint density at radius 3 is 2.82 bits per heavy atom. The van der Waals surface area contributed by atoms with Crippen LogP contribution in [0.5, 0.6) is 0 Å². The number of carbonyl (C=O) groups is 1. The lowest BCUT2D eigenvalue weighted by molar-refractivity contribution is 0.0952. The minimum Gasteiger partial charge on any atom is -0.350 e. The molecule has 6 heteroatoms. The highest BCUT2D eigenvalue weighted by atomic mass is 35.5. The number of amides is 1. The van der Waals surface area contributed by atoms with Crippen LogP contribution < -0.4 is 10.6 Å². The van der Waals surface area contributed by atoms with Crippen LogP contribution in [-0.2, 0) is 6.54 Å². The van der Waals surface area contributed by atoms with Crippen LogP contribution in [-0.4, -0.2) is 35.3 Å². The minimum atomic E-state index is -0.0294. The van der Waals surface area contributed by atoms with E-state index in [0.717, 1.165) is 13.1 Å². The monoisotopic (exact) mass is 320 g/mol. The van der Waals surface area contributed by atoms with Crippen LogP contribution in [0.2, 0.25) is 0 Å². The maximum atomic E-state index is 12.1. The summed E-state index contributed by atoms with van der Waals surface area (Å²) in [6, 6.07) is 9.84. The molecule has 1 unspecified atom stereocenters. The number of aromatic nitrogens is 2. The zero-order chi connectivity index (χ0) is 14.5. The van der Waals surface area contributed by atoms with Gasteiger partial charge in [-0.1, -0.05) is 12.1 Å². The molecule has 1 aliphatic heterocycles. The average Bonchev–Trinajstić information content (AvgIpc) is 3.21. The van der Waals surface area contributed by atoms with Crippen molar-refractivity contribution in [1.29, 1.82) is 0 Å². The van der Waals surface area contributed by atoms with Crippen molar-refractivity contribution in [2.24, 2.45) is 0 Å². The number of rotatable bonds is 5. The molecule has 1 aromatic heterocycles. The zero-order valence-corrected chi connectivity index (χ0v) is 13.2. The van der Waals surface area contributed by atoms with Crippen LogP contribution >= 0.6 is 12.4 Å². The van der Waals surface area contributed by atoms with Gasteiger partial charge in [0.25, 0.3) is 5.91 Å². The Morgan fingerprint density at radius 1 is 1.36 bits per heavy atom. The van der Waals surface area contributed by atoms with E-state index in [1.807, 2.05) is 24.4 Å². The van der Waals surface area contributed by atoms with E-state index in [-0.39, 0.29) is 18.3 Å². The molecular weight excluding hydrogens is 300 g/mol. The second-order valence-corrected chi connectivity index (χ2v) is 5.34. The first-order chi connectivity index (χ1) is 10.3. The van der Waals surface area contributed by atoms with Gasteiger partial charge in [-0.15, -0.1) is 12.4 Å². The van der Waals surface area contributed by atoms with Gasteiger partial charge in [0.1, 0.15) is 0 Å². The van der Waals surface area contributed by atoms with Crippen LogP contribution in [0.4, 0.5) is 0 Å². The summed E-state index contributed by atoms with van der Waals surface area (Å²) < 4.78 is 1.80. The van der Waals surface area contributed by atoms with Crippen molar-refractivity contribution in [3.05, 3.63) is 53.9 Å². The van der Waals surface area contributed by atoms with Crippen molar-refractivity contribution in [1.82, 2.24) is 20.4 Å². The van der Waals surface area contributed by atoms with Gasteiger partial charge in [-0.2, -0.15) is 5.10 Å². The molecule has 0 aliphatic carbocycles. The molecule has 0 bridgehead atoms. The molecule has 1 aliphatic rings. The normalized spacial score (nSPS) is 17.0. The SMILES string of the molecule is Cl.O=C(NCCn1cccn1)c1ccc(C2CCNC2)cc1. The fourth-order valence-corrected chi connectivity index (χ4v) is 2.66. The third kappa shape index (κ3) is 4.08. The van der Waals surface area contributed by atoms with Crippen LogP contribution in [0.3, 0.4) is 0 Å². The maximum Gasteiger partial charge on any atom is 0.251 e. The maximum absolute atomic E-state index is 12.1. The van der Waals surface area contributed by atoms with E-state index in [0.29, 0.717) is 24.6 Å². The topological polar surface area (TPSA) is 59.0 Å². The molecule has 0 spiro atoms. The number of halogens is 1. The Hall–Kier alpha value is -1.85. The molecule has 0 radical (unpaired) electrons. The average molecular weight is 321 g/mol. The molecule has 1 fully saturated rings. The molecule has 0 saturated carbocycles. The van der Waals surface area contributed by atoms with Crippen molar-refractivity contribution in [3.63, 3.8) is 0 Å². The van der Waals surface area contributed by atoms with Crippen molar-refractivity contribution in [2.75, 3.05) is 19.6 Å². The van der Waals surface area contributed by atoms with Crippen molar-refractivity contribution in [2.45, 2.75) is 18.9 Å². The van der Waals surface area contributed by atoms with Crippen LogP contribution in [0, 0.1) is 0 Å². The summed E-state index contributed by atoms with van der Waals surface area (Å²) in [5.41, 5.74) is 2.03. The highest BCUT2D eigenvalue weighted by Crippen LogP contribution is 2.22. The molecule has 118 valence electrons. The number of nitrogens with zero attached hydrogens (tertiary/aromatic N) is 2. The van der Waals surface area contributed by atoms with E-state index >= 15 is 0 Å². The Labute approximate surface area is 136 Å². The molecule has 1 amide bonds. The molecule has 2 N–H and O–H groups in total. The van der Waals surface area contributed by atoms with Crippen LogP contribution in [0.1, 0.15) is 28.3 Å². The highest BCUT2D eigenvalue weighted by Gasteiger charge is 2.16. The van der Waals surface area contributed by atoms with E-state index in [9.17, 15) is 4.79 Å². The second kappa shape index (κ2) is 7.96. The summed E-state index contributed by atoms with van der Waals surface area (Å²) in [5.74, 6) is 0.556. The first-order valence-electron chi connectivity index (χ1n) is 7.39. The smallest absolute Gasteiger partial charge is 0.251 e. The fourth-order valence-electron chi connectivity index (χ4n) is 2.66. The summed E-state index contributed by atoms with van der Waals surface area (Å²) in [6.45, 7) is 3.38. The molecule has 1 atom stereocenters. The number of carbonyl (C=O) groups excluding carboxylic acids is 1. The van der Waals surface area contributed by atoms with Gasteiger partial charge in [0.15, 0.2) is 0 Å².